The summed E-state index contributed by atoms with van der Waals surface area (Å²) in [5.74, 6) is 0. The summed E-state index contributed by atoms with van der Waals surface area (Å²) >= 11 is 0. The zero-order chi connectivity index (χ0) is 14.8. The molecule has 0 radical (unpaired) electrons. The fourth-order valence-electron chi connectivity index (χ4n) is 2.43. The summed E-state index contributed by atoms with van der Waals surface area (Å²) in [5, 5.41) is 2.23. The number of benzene rings is 1. The predicted octanol–water partition coefficient (Wildman–Crippen LogP) is 2.37. The van der Waals surface area contributed by atoms with Crippen LogP contribution in [0.25, 0.3) is 11.0 Å². The van der Waals surface area contributed by atoms with Gasteiger partial charge >= 0.3 is 5.63 Å². The summed E-state index contributed by atoms with van der Waals surface area (Å²) in [7, 11) is 0. The lowest BCUT2D eigenvalue weighted by molar-refractivity contribution is 0.222. The number of nitrogens with one attached hydrogen (secondary N) is 1. The summed E-state index contributed by atoms with van der Waals surface area (Å²) in [4.78, 5) is 19.2. The van der Waals surface area contributed by atoms with E-state index in [-0.39, 0.29) is 0 Å². The highest BCUT2D eigenvalue weighted by Gasteiger charge is 2.16. The molecule has 0 saturated heterocycles. The molecule has 3 rings (SSSR count). The van der Waals surface area contributed by atoms with Gasteiger partial charge in [-0.2, -0.15) is 0 Å². The first-order chi connectivity index (χ1) is 10.2. The lowest BCUT2D eigenvalue weighted by Gasteiger charge is -2.22. The molecule has 2 aromatic rings. The van der Waals surface area contributed by atoms with Crippen LogP contribution in [0.5, 0.6) is 0 Å². The Morgan fingerprint density at radius 2 is 2.05 bits per heavy atom. The van der Waals surface area contributed by atoms with Crippen LogP contribution in [0.2, 0.25) is 0 Å². The van der Waals surface area contributed by atoms with Crippen LogP contribution in [-0.4, -0.2) is 13.1 Å². The van der Waals surface area contributed by atoms with Crippen molar-refractivity contribution < 1.29 is 9.25 Å². The van der Waals surface area contributed by atoms with Gasteiger partial charge in [-0.1, -0.05) is 0 Å². The molecule has 1 N–H and O–H groups in total. The molecule has 21 heavy (non-hydrogen) atoms. The Bertz CT molecular complexity index is 727. The first kappa shape index (κ1) is 13.4. The van der Waals surface area contributed by atoms with Gasteiger partial charge in [0, 0.05) is 30.2 Å². The molecule has 0 unspecified atom stereocenters. The van der Waals surface area contributed by atoms with Crippen LogP contribution in [0.3, 0.4) is 0 Å². The second kappa shape index (κ2) is 5.40. The molecule has 1 aliphatic rings. The number of nitrogens with zero attached hydrogens (tertiary/aromatic N) is 2. The van der Waals surface area contributed by atoms with E-state index in [0.717, 1.165) is 24.2 Å². The Morgan fingerprint density at radius 1 is 1.24 bits per heavy atom. The molecule has 1 aliphatic heterocycles. The van der Waals surface area contributed by atoms with Crippen molar-refractivity contribution in [2.45, 2.75) is 13.8 Å². The Morgan fingerprint density at radius 3 is 2.71 bits per heavy atom. The smallest absolute Gasteiger partial charge is 0.338 e. The van der Waals surface area contributed by atoms with E-state index >= 15 is 0 Å². The molecule has 0 fully saturated rings. The Balaban J connectivity index is 2.12. The Hall–Kier alpha value is -2.63. The molecular weight excluding hydrogens is 270 g/mol. The number of hydrogen-bond donors (Lipinski definition) is 1. The lowest BCUT2D eigenvalue weighted by atomic mass is 10.1. The summed E-state index contributed by atoms with van der Waals surface area (Å²) < 4.78 is 5.33. The molecule has 0 bridgehead atoms. The van der Waals surface area contributed by atoms with Gasteiger partial charge in [0.2, 0.25) is 0 Å². The summed E-state index contributed by atoms with van der Waals surface area (Å²) in [6.07, 6.45) is 3.15. The van der Waals surface area contributed by atoms with E-state index in [2.05, 4.69) is 24.2 Å². The van der Waals surface area contributed by atoms with E-state index in [1.165, 1.54) is 17.5 Å². The number of hydrogen-bond acceptors (Lipinski definition) is 6. The molecule has 110 valence electrons. The first-order valence-corrected chi connectivity index (χ1v) is 6.94. The maximum Gasteiger partial charge on any atom is 0.338 e. The minimum Gasteiger partial charge on any atom is -0.423 e. The van der Waals surface area contributed by atoms with E-state index in [4.69, 9.17) is 9.25 Å². The van der Waals surface area contributed by atoms with Crippen molar-refractivity contribution in [1.29, 1.82) is 0 Å². The van der Waals surface area contributed by atoms with Crippen molar-refractivity contribution in [1.82, 2.24) is 5.43 Å². The average molecular weight is 287 g/mol. The number of fused-ring (bicyclic) bond motifs is 1. The third kappa shape index (κ3) is 2.40. The van der Waals surface area contributed by atoms with E-state index in [9.17, 15) is 4.79 Å². The Kier molecular flexibility index (Phi) is 3.43. The summed E-state index contributed by atoms with van der Waals surface area (Å²) in [6, 6.07) is 7.24. The van der Waals surface area contributed by atoms with Gasteiger partial charge in [-0.25, -0.2) is 4.79 Å². The zero-order valence-electron chi connectivity index (χ0n) is 12.0. The van der Waals surface area contributed by atoms with Crippen molar-refractivity contribution in [2.75, 3.05) is 23.2 Å². The van der Waals surface area contributed by atoms with Crippen LogP contribution >= 0.6 is 0 Å². The van der Waals surface area contributed by atoms with Crippen LogP contribution in [-0.2, 0) is 4.84 Å². The highest BCUT2D eigenvalue weighted by molar-refractivity contribution is 5.91. The van der Waals surface area contributed by atoms with Gasteiger partial charge in [0.05, 0.1) is 12.3 Å². The molecule has 1 aromatic carbocycles. The maximum atomic E-state index is 11.8. The van der Waals surface area contributed by atoms with Crippen LogP contribution < -0.4 is 21.1 Å². The highest BCUT2D eigenvalue weighted by atomic mass is 16.7. The molecule has 0 aliphatic carbocycles. The normalized spacial score (nSPS) is 13.3. The van der Waals surface area contributed by atoms with Gasteiger partial charge in [0.1, 0.15) is 17.5 Å². The van der Waals surface area contributed by atoms with Gasteiger partial charge < -0.3 is 14.2 Å². The molecule has 6 nitrogen and oxygen atoms in total. The van der Waals surface area contributed by atoms with Gasteiger partial charge in [0.15, 0.2) is 0 Å². The molecule has 0 spiro atoms. The van der Waals surface area contributed by atoms with Gasteiger partial charge in [0.25, 0.3) is 0 Å². The van der Waals surface area contributed by atoms with Crippen LogP contribution in [0.4, 0.5) is 11.4 Å². The molecule has 0 amide bonds. The third-order valence-corrected chi connectivity index (χ3v) is 3.48. The highest BCUT2D eigenvalue weighted by Crippen LogP contribution is 2.29. The first-order valence-electron chi connectivity index (χ1n) is 6.94. The average Bonchev–Trinajstić information content (AvgIpc) is 3.01. The second-order valence-electron chi connectivity index (χ2n) is 4.64. The lowest BCUT2D eigenvalue weighted by Crippen LogP contribution is -2.29. The van der Waals surface area contributed by atoms with Crippen molar-refractivity contribution in [3.8, 4) is 0 Å². The van der Waals surface area contributed by atoms with E-state index < -0.39 is 5.63 Å². The Labute approximate surface area is 122 Å². The van der Waals surface area contributed by atoms with E-state index in [1.807, 2.05) is 18.2 Å². The predicted molar refractivity (Wildman–Crippen MR) is 81.9 cm³/mol. The van der Waals surface area contributed by atoms with Gasteiger partial charge in [-0.3, -0.25) is 5.43 Å². The van der Waals surface area contributed by atoms with Crippen molar-refractivity contribution >= 4 is 22.3 Å². The molecule has 0 atom stereocenters. The third-order valence-electron chi connectivity index (χ3n) is 3.48. The molecule has 0 saturated carbocycles. The monoisotopic (exact) mass is 287 g/mol. The number of hydrazine groups is 1. The largest absolute Gasteiger partial charge is 0.423 e. The van der Waals surface area contributed by atoms with Crippen molar-refractivity contribution in [3.63, 3.8) is 0 Å². The van der Waals surface area contributed by atoms with Crippen LogP contribution in [0.1, 0.15) is 13.8 Å². The minimum atomic E-state index is -0.411. The zero-order valence-corrected chi connectivity index (χ0v) is 12.0. The van der Waals surface area contributed by atoms with Crippen molar-refractivity contribution in [3.05, 3.63) is 47.1 Å². The summed E-state index contributed by atoms with van der Waals surface area (Å²) in [6.45, 7) is 5.97. The topological polar surface area (TPSA) is 58.0 Å². The molecule has 1 aromatic heterocycles. The van der Waals surface area contributed by atoms with Gasteiger partial charge in [-0.15, -0.1) is 5.17 Å². The maximum absolute atomic E-state index is 11.8. The second-order valence-corrected chi connectivity index (χ2v) is 4.64. The fourth-order valence-corrected chi connectivity index (χ4v) is 2.43. The number of rotatable bonds is 4. The van der Waals surface area contributed by atoms with Crippen LogP contribution in [0.15, 0.2) is 45.9 Å². The molecular formula is C15H17N3O3. The SMILES string of the molecule is CCN(CC)c1ccc2c(N3NC=CO3)cc(=O)oc2c1. The standard InChI is InChI=1S/C15H17N3O3/c1-3-17(4-2)11-5-6-12-13(18-16-7-8-20-18)10-15(19)21-14(12)9-11/h5-10,16H,3-4H2,1-2H3. The number of anilines is 2. The van der Waals surface area contributed by atoms with E-state index in [0.29, 0.717) is 11.3 Å². The van der Waals surface area contributed by atoms with Gasteiger partial charge in [-0.05, 0) is 26.0 Å². The fraction of sp³-hybridized carbons (Fsp3) is 0.267. The van der Waals surface area contributed by atoms with E-state index in [1.54, 1.807) is 6.20 Å². The minimum absolute atomic E-state index is 0.411. The van der Waals surface area contributed by atoms with Crippen molar-refractivity contribution in [2.24, 2.45) is 0 Å². The molecule has 6 heteroatoms. The van der Waals surface area contributed by atoms with Crippen LogP contribution in [0, 0.1) is 0 Å². The quantitative estimate of drug-likeness (QED) is 0.871. The molecule has 2 heterocycles. The summed E-state index contributed by atoms with van der Waals surface area (Å²) in [5.41, 5.74) is 4.67.